The summed E-state index contributed by atoms with van der Waals surface area (Å²) in [5, 5.41) is 3.26. The summed E-state index contributed by atoms with van der Waals surface area (Å²) >= 11 is 3.44. The van der Waals surface area contributed by atoms with Crippen LogP contribution in [0.2, 0.25) is 0 Å². The average Bonchev–Trinajstić information content (AvgIpc) is 2.12. The smallest absolute Gasteiger partial charge is 0.127 e. The molecule has 2 rings (SSSR count). The van der Waals surface area contributed by atoms with Crippen LogP contribution in [0, 0.1) is 5.82 Å². The molecule has 1 aliphatic heterocycles. The topological polar surface area (TPSA) is 12.0 Å². The molecule has 0 saturated carbocycles. The predicted octanol–water partition coefficient (Wildman–Crippen LogP) is 3.22. The Bertz CT molecular complexity index is 343. The fourth-order valence-electron chi connectivity index (χ4n) is 1.84. The Labute approximate surface area is 97.6 Å². The van der Waals surface area contributed by atoms with Crippen molar-refractivity contribution in [3.05, 3.63) is 33.5 Å². The van der Waals surface area contributed by atoms with Gasteiger partial charge in [-0.05, 0) is 29.2 Å². The molecule has 0 spiro atoms. The molecule has 0 amide bonds. The molecule has 1 aromatic rings. The van der Waals surface area contributed by atoms with Crippen LogP contribution in [0.25, 0.3) is 0 Å². The molecule has 0 saturated heterocycles. The molecule has 4 heteroatoms. The number of nitrogens with one attached hydrogen (secondary N) is 1. The number of rotatable bonds is 0. The minimum Gasteiger partial charge on any atom is -0.312 e. The summed E-state index contributed by atoms with van der Waals surface area (Å²) in [6.07, 6.45) is 0. The van der Waals surface area contributed by atoms with Gasteiger partial charge in [-0.1, -0.05) is 22.9 Å². The van der Waals surface area contributed by atoms with E-state index in [2.05, 4.69) is 21.2 Å². The highest BCUT2D eigenvalue weighted by atomic mass is 79.9. The lowest BCUT2D eigenvalue weighted by Crippen LogP contribution is -2.27. The number of hydrogen-bond donors (Lipinski definition) is 1. The van der Waals surface area contributed by atoms with Crippen LogP contribution in [-0.2, 0) is 6.54 Å². The second-order valence-corrected chi connectivity index (χ2v) is 4.31. The van der Waals surface area contributed by atoms with E-state index in [1.54, 1.807) is 6.07 Å². The van der Waals surface area contributed by atoms with Crippen LogP contribution in [0.3, 0.4) is 0 Å². The third-order valence-electron chi connectivity index (χ3n) is 2.49. The first-order valence-corrected chi connectivity index (χ1v) is 5.17. The third kappa shape index (κ3) is 1.95. The molecule has 1 aliphatic rings. The van der Waals surface area contributed by atoms with E-state index in [-0.39, 0.29) is 24.1 Å². The molecule has 1 unspecified atom stereocenters. The third-order valence-corrected chi connectivity index (χ3v) is 3.23. The van der Waals surface area contributed by atoms with Gasteiger partial charge in [0.15, 0.2) is 0 Å². The van der Waals surface area contributed by atoms with E-state index in [4.69, 9.17) is 0 Å². The van der Waals surface area contributed by atoms with Crippen LogP contribution in [-0.4, -0.2) is 6.54 Å². The quantitative estimate of drug-likeness (QED) is 0.769. The van der Waals surface area contributed by atoms with Crippen molar-refractivity contribution >= 4 is 28.3 Å². The van der Waals surface area contributed by atoms with E-state index < -0.39 is 0 Å². The maximum Gasteiger partial charge on any atom is 0.127 e. The summed E-state index contributed by atoms with van der Waals surface area (Å²) in [5.41, 5.74) is 1.94. The van der Waals surface area contributed by atoms with E-state index in [1.807, 2.05) is 6.92 Å². The summed E-state index contributed by atoms with van der Waals surface area (Å²) in [5.74, 6) is 0.188. The van der Waals surface area contributed by atoms with Crippen LogP contribution in [0.4, 0.5) is 4.39 Å². The lowest BCUT2D eigenvalue weighted by molar-refractivity contribution is 0.521. The highest BCUT2D eigenvalue weighted by molar-refractivity contribution is 9.10. The number of fused-ring (bicyclic) bond motifs is 1. The van der Waals surface area contributed by atoms with Crippen molar-refractivity contribution in [2.24, 2.45) is 0 Å². The zero-order chi connectivity index (χ0) is 9.42. The second kappa shape index (κ2) is 4.60. The predicted molar refractivity (Wildman–Crippen MR) is 61.5 cm³/mol. The largest absolute Gasteiger partial charge is 0.312 e. The fraction of sp³-hybridized carbons (Fsp3) is 0.400. The maximum atomic E-state index is 13.5. The average molecular weight is 281 g/mol. The summed E-state index contributed by atoms with van der Waals surface area (Å²) < 4.78 is 14.5. The maximum absolute atomic E-state index is 13.5. The molecule has 1 nitrogen and oxygen atoms in total. The van der Waals surface area contributed by atoms with Crippen molar-refractivity contribution < 1.29 is 4.39 Å². The molecule has 0 aromatic heterocycles. The van der Waals surface area contributed by atoms with E-state index in [0.29, 0.717) is 0 Å². The van der Waals surface area contributed by atoms with Crippen LogP contribution in [0.15, 0.2) is 16.6 Å². The van der Waals surface area contributed by atoms with E-state index >= 15 is 0 Å². The Kier molecular flexibility index (Phi) is 3.93. The van der Waals surface area contributed by atoms with Crippen LogP contribution in [0.1, 0.15) is 24.0 Å². The van der Waals surface area contributed by atoms with E-state index in [0.717, 1.165) is 28.7 Å². The highest BCUT2D eigenvalue weighted by Crippen LogP contribution is 2.31. The Morgan fingerprint density at radius 2 is 2.21 bits per heavy atom. The highest BCUT2D eigenvalue weighted by Gasteiger charge is 2.21. The SMILES string of the molecule is CC1CNCc2c(Br)ccc(F)c21.Cl. The molecular weight excluding hydrogens is 268 g/mol. The standard InChI is InChI=1S/C10H11BrFN.ClH/c1-6-4-13-5-7-8(11)2-3-9(12)10(6)7;/h2-3,6,13H,4-5H2,1H3;1H. The fourth-order valence-corrected chi connectivity index (χ4v) is 2.32. The van der Waals surface area contributed by atoms with Crippen molar-refractivity contribution in [1.82, 2.24) is 5.32 Å². The van der Waals surface area contributed by atoms with Gasteiger partial charge in [0, 0.05) is 17.6 Å². The van der Waals surface area contributed by atoms with Crippen molar-refractivity contribution in [3.63, 3.8) is 0 Å². The lowest BCUT2D eigenvalue weighted by atomic mass is 9.92. The summed E-state index contributed by atoms with van der Waals surface area (Å²) in [7, 11) is 0. The molecule has 1 N–H and O–H groups in total. The first kappa shape index (κ1) is 12.0. The van der Waals surface area contributed by atoms with Crippen LogP contribution >= 0.6 is 28.3 Å². The lowest BCUT2D eigenvalue weighted by Gasteiger charge is -2.24. The van der Waals surface area contributed by atoms with Gasteiger partial charge in [0.05, 0.1) is 0 Å². The zero-order valence-corrected chi connectivity index (χ0v) is 10.2. The molecule has 0 bridgehead atoms. The zero-order valence-electron chi connectivity index (χ0n) is 7.81. The minimum absolute atomic E-state index is 0. The molecule has 1 heterocycles. The van der Waals surface area contributed by atoms with Gasteiger partial charge in [-0.2, -0.15) is 0 Å². The van der Waals surface area contributed by atoms with E-state index in [9.17, 15) is 4.39 Å². The van der Waals surface area contributed by atoms with Gasteiger partial charge in [0.1, 0.15) is 5.82 Å². The molecule has 1 aromatic carbocycles. The van der Waals surface area contributed by atoms with Gasteiger partial charge in [-0.3, -0.25) is 0 Å². The normalized spacial score (nSPS) is 19.8. The molecule has 14 heavy (non-hydrogen) atoms. The van der Waals surface area contributed by atoms with Gasteiger partial charge in [0.25, 0.3) is 0 Å². The van der Waals surface area contributed by atoms with Gasteiger partial charge in [-0.15, -0.1) is 12.4 Å². The first-order valence-electron chi connectivity index (χ1n) is 4.37. The summed E-state index contributed by atoms with van der Waals surface area (Å²) in [6.45, 7) is 3.67. The number of halogens is 3. The number of hydrogen-bond acceptors (Lipinski definition) is 1. The van der Waals surface area contributed by atoms with Crippen LogP contribution < -0.4 is 5.32 Å². The van der Waals surface area contributed by atoms with Gasteiger partial charge < -0.3 is 5.32 Å². The van der Waals surface area contributed by atoms with Gasteiger partial charge in [-0.25, -0.2) is 4.39 Å². The first-order chi connectivity index (χ1) is 6.20. The Morgan fingerprint density at radius 3 is 2.86 bits per heavy atom. The Balaban J connectivity index is 0.000000980. The molecule has 1 atom stereocenters. The van der Waals surface area contributed by atoms with Crippen molar-refractivity contribution in [3.8, 4) is 0 Å². The number of benzene rings is 1. The van der Waals surface area contributed by atoms with E-state index in [1.165, 1.54) is 6.07 Å². The Morgan fingerprint density at radius 1 is 1.50 bits per heavy atom. The van der Waals surface area contributed by atoms with Crippen molar-refractivity contribution in [2.75, 3.05) is 6.54 Å². The molecule has 0 fully saturated rings. The summed E-state index contributed by atoms with van der Waals surface area (Å²) in [6, 6.07) is 3.30. The molecular formula is C10H12BrClFN. The van der Waals surface area contributed by atoms with Crippen molar-refractivity contribution in [1.29, 1.82) is 0 Å². The van der Waals surface area contributed by atoms with Crippen LogP contribution in [0.5, 0.6) is 0 Å². The van der Waals surface area contributed by atoms with Gasteiger partial charge >= 0.3 is 0 Å². The molecule has 78 valence electrons. The van der Waals surface area contributed by atoms with Crippen molar-refractivity contribution in [2.45, 2.75) is 19.4 Å². The Hall–Kier alpha value is -0.120. The van der Waals surface area contributed by atoms with Gasteiger partial charge in [0.2, 0.25) is 0 Å². The second-order valence-electron chi connectivity index (χ2n) is 3.45. The molecule has 0 aliphatic carbocycles. The minimum atomic E-state index is -0.0767. The monoisotopic (exact) mass is 279 g/mol. The molecule has 0 radical (unpaired) electrons. The summed E-state index contributed by atoms with van der Waals surface area (Å²) in [4.78, 5) is 0.